The van der Waals surface area contributed by atoms with E-state index in [1.807, 2.05) is 0 Å². The second-order valence-electron chi connectivity index (χ2n) is 4.54. The van der Waals surface area contributed by atoms with Crippen molar-refractivity contribution in [3.63, 3.8) is 0 Å². The number of hydrogen-bond donors (Lipinski definition) is 5. The van der Waals surface area contributed by atoms with Gasteiger partial charge < -0.3 is 29.9 Å². The minimum Gasteiger partial charge on any atom is -0.394 e. The summed E-state index contributed by atoms with van der Waals surface area (Å²) in [5.41, 5.74) is 0. The van der Waals surface area contributed by atoms with E-state index >= 15 is 0 Å². The van der Waals surface area contributed by atoms with Crippen LogP contribution in [0.1, 0.15) is 13.8 Å². The molecule has 0 amide bonds. The zero-order valence-electron chi connectivity index (χ0n) is 10.4. The highest BCUT2D eigenvalue weighted by molar-refractivity contribution is 7.87. The molecule has 0 saturated carbocycles. The highest BCUT2D eigenvalue weighted by Crippen LogP contribution is 2.35. The van der Waals surface area contributed by atoms with Crippen molar-refractivity contribution in [3.8, 4) is 0 Å². The SMILES string of the molecule is CC(C)OC1O[C@H](CO)[C@H](O)[C@H](O)[C@]1(O)S(=O)(=O)O. The molecule has 1 rings (SSSR count). The number of ether oxygens (including phenoxy) is 2. The summed E-state index contributed by atoms with van der Waals surface area (Å²) in [4.78, 5) is -3.25. The third-order valence-electron chi connectivity index (χ3n) is 2.75. The maximum atomic E-state index is 11.3. The predicted octanol–water partition coefficient (Wildman–Crippen LogP) is -2.57. The molecule has 5 atom stereocenters. The topological polar surface area (TPSA) is 154 Å². The van der Waals surface area contributed by atoms with Gasteiger partial charge in [-0.15, -0.1) is 0 Å². The average molecular weight is 302 g/mol. The van der Waals surface area contributed by atoms with Gasteiger partial charge in [-0.2, -0.15) is 8.42 Å². The Hall–Kier alpha value is -0.330. The van der Waals surface area contributed by atoms with E-state index in [2.05, 4.69) is 0 Å². The van der Waals surface area contributed by atoms with Crippen molar-refractivity contribution in [2.75, 3.05) is 6.61 Å². The van der Waals surface area contributed by atoms with Gasteiger partial charge in [-0.1, -0.05) is 0 Å². The molecule has 1 unspecified atom stereocenters. The Morgan fingerprint density at radius 1 is 1.37 bits per heavy atom. The molecule has 1 fully saturated rings. The zero-order chi connectivity index (χ0) is 15.0. The Bertz CT molecular complexity index is 408. The highest BCUT2D eigenvalue weighted by Gasteiger charge is 2.63. The third kappa shape index (κ3) is 2.90. The lowest BCUT2D eigenvalue weighted by Crippen LogP contribution is -2.70. The monoisotopic (exact) mass is 302 g/mol. The van der Waals surface area contributed by atoms with Crippen LogP contribution < -0.4 is 0 Å². The van der Waals surface area contributed by atoms with Crippen LogP contribution >= 0.6 is 0 Å². The van der Waals surface area contributed by atoms with Crippen LogP contribution in [0, 0.1) is 0 Å². The molecular formula is C9H18O9S. The molecule has 0 bridgehead atoms. The maximum Gasteiger partial charge on any atom is 0.303 e. The molecule has 9 nitrogen and oxygen atoms in total. The van der Waals surface area contributed by atoms with Gasteiger partial charge in [-0.3, -0.25) is 4.55 Å². The molecule has 114 valence electrons. The summed E-state index contributed by atoms with van der Waals surface area (Å²) in [5, 5.41) is 38.2. The van der Waals surface area contributed by atoms with Crippen LogP contribution in [0.3, 0.4) is 0 Å². The smallest absolute Gasteiger partial charge is 0.303 e. The first kappa shape index (κ1) is 16.7. The van der Waals surface area contributed by atoms with E-state index < -0.39 is 52.4 Å². The minimum absolute atomic E-state index is 0.611. The van der Waals surface area contributed by atoms with E-state index in [1.165, 1.54) is 13.8 Å². The lowest BCUT2D eigenvalue weighted by molar-refractivity contribution is -0.323. The van der Waals surface area contributed by atoms with Crippen LogP contribution in [-0.2, 0) is 19.6 Å². The second-order valence-corrected chi connectivity index (χ2v) is 6.14. The van der Waals surface area contributed by atoms with Gasteiger partial charge in [-0.25, -0.2) is 0 Å². The molecule has 0 aromatic carbocycles. The normalized spacial score (nSPS) is 40.6. The molecule has 19 heavy (non-hydrogen) atoms. The molecule has 10 heteroatoms. The number of rotatable bonds is 4. The third-order valence-corrected chi connectivity index (χ3v) is 4.01. The van der Waals surface area contributed by atoms with Gasteiger partial charge >= 0.3 is 10.1 Å². The van der Waals surface area contributed by atoms with Crippen molar-refractivity contribution in [2.45, 2.75) is 49.5 Å². The van der Waals surface area contributed by atoms with Gasteiger partial charge in [0.2, 0.25) is 6.29 Å². The minimum atomic E-state index is -5.22. The Kier molecular flexibility index (Phi) is 4.91. The lowest BCUT2D eigenvalue weighted by Gasteiger charge is -2.45. The molecule has 1 aliphatic rings. The summed E-state index contributed by atoms with van der Waals surface area (Å²) in [7, 11) is -5.22. The molecule has 0 aliphatic carbocycles. The van der Waals surface area contributed by atoms with E-state index in [-0.39, 0.29) is 0 Å². The van der Waals surface area contributed by atoms with Gasteiger partial charge in [0, 0.05) is 0 Å². The van der Waals surface area contributed by atoms with Crippen molar-refractivity contribution >= 4 is 10.1 Å². The summed E-state index contributed by atoms with van der Waals surface area (Å²) in [5.74, 6) is 0. The van der Waals surface area contributed by atoms with Gasteiger partial charge in [-0.05, 0) is 13.8 Å². The van der Waals surface area contributed by atoms with E-state index in [9.17, 15) is 23.7 Å². The standard InChI is InChI=1S/C9H18O9S/c1-4(2)17-8-9(13,19(14,15)16)7(12)6(11)5(3-10)18-8/h4-8,10-13H,3H2,1-2H3,(H,14,15,16)/t5-,6+,7+,8?,9+/m1/s1. The quantitative estimate of drug-likeness (QED) is 0.352. The van der Waals surface area contributed by atoms with Crippen LogP contribution in [0.5, 0.6) is 0 Å². The summed E-state index contributed by atoms with van der Waals surface area (Å²) in [6, 6.07) is 0. The summed E-state index contributed by atoms with van der Waals surface area (Å²) in [6.07, 6.45) is -8.15. The second kappa shape index (κ2) is 5.58. The summed E-state index contributed by atoms with van der Waals surface area (Å²) in [6.45, 7) is 2.26. The van der Waals surface area contributed by atoms with Crippen molar-refractivity contribution < 1.29 is 42.9 Å². The number of hydrogen-bond acceptors (Lipinski definition) is 8. The number of aliphatic hydroxyl groups is 4. The van der Waals surface area contributed by atoms with E-state index in [1.54, 1.807) is 0 Å². The van der Waals surface area contributed by atoms with Crippen molar-refractivity contribution in [3.05, 3.63) is 0 Å². The predicted molar refractivity (Wildman–Crippen MR) is 60.5 cm³/mol. The van der Waals surface area contributed by atoms with Crippen molar-refractivity contribution in [1.82, 2.24) is 0 Å². The average Bonchev–Trinajstić information content (AvgIpc) is 2.28. The number of aliphatic hydroxyl groups excluding tert-OH is 3. The Morgan fingerprint density at radius 2 is 1.89 bits per heavy atom. The Morgan fingerprint density at radius 3 is 2.26 bits per heavy atom. The maximum absolute atomic E-state index is 11.3. The van der Waals surface area contributed by atoms with Crippen LogP contribution in [0.25, 0.3) is 0 Å². The van der Waals surface area contributed by atoms with E-state index in [0.29, 0.717) is 0 Å². The van der Waals surface area contributed by atoms with Crippen LogP contribution in [0.15, 0.2) is 0 Å². The van der Waals surface area contributed by atoms with Gasteiger partial charge in [0.25, 0.3) is 4.93 Å². The molecule has 1 saturated heterocycles. The van der Waals surface area contributed by atoms with Crippen LogP contribution in [0.2, 0.25) is 0 Å². The van der Waals surface area contributed by atoms with Crippen molar-refractivity contribution in [2.24, 2.45) is 0 Å². The largest absolute Gasteiger partial charge is 0.394 e. The lowest BCUT2D eigenvalue weighted by atomic mass is 9.98. The molecule has 5 N–H and O–H groups in total. The molecule has 0 aromatic heterocycles. The Labute approximate surface area is 110 Å². The van der Waals surface area contributed by atoms with Gasteiger partial charge in [0.05, 0.1) is 12.7 Å². The zero-order valence-corrected chi connectivity index (χ0v) is 11.2. The van der Waals surface area contributed by atoms with E-state index in [4.69, 9.17) is 19.1 Å². The van der Waals surface area contributed by atoms with Crippen LogP contribution in [-0.4, -0.2) is 75.6 Å². The fourth-order valence-electron chi connectivity index (χ4n) is 1.73. The molecular weight excluding hydrogens is 284 g/mol. The molecule has 0 spiro atoms. The first-order valence-electron chi connectivity index (χ1n) is 5.53. The highest BCUT2D eigenvalue weighted by atomic mass is 32.2. The molecule has 0 aromatic rings. The van der Waals surface area contributed by atoms with Crippen molar-refractivity contribution in [1.29, 1.82) is 0 Å². The fraction of sp³-hybridized carbons (Fsp3) is 1.00. The first-order valence-corrected chi connectivity index (χ1v) is 6.97. The Balaban J connectivity index is 3.22. The van der Waals surface area contributed by atoms with Gasteiger partial charge in [0.1, 0.15) is 18.3 Å². The first-order chi connectivity index (χ1) is 8.55. The van der Waals surface area contributed by atoms with Crippen LogP contribution in [0.4, 0.5) is 0 Å². The molecule has 0 radical (unpaired) electrons. The van der Waals surface area contributed by atoms with E-state index in [0.717, 1.165) is 0 Å². The summed E-state index contributed by atoms with van der Waals surface area (Å²) < 4.78 is 41.5. The molecule has 1 aliphatic heterocycles. The van der Waals surface area contributed by atoms with Gasteiger partial charge in [0.15, 0.2) is 0 Å². The molecule has 1 heterocycles. The summed E-state index contributed by atoms with van der Waals surface area (Å²) >= 11 is 0. The fourth-order valence-corrected chi connectivity index (χ4v) is 2.53.